The average Bonchev–Trinajstić information content (AvgIpc) is 2.33. The van der Waals surface area contributed by atoms with Gasteiger partial charge in [0.15, 0.2) is 0 Å². The molecule has 0 bridgehead atoms. The smallest absolute Gasteiger partial charge is 0.305 e. The van der Waals surface area contributed by atoms with Crippen LogP contribution in [0.1, 0.15) is 59.3 Å². The Morgan fingerprint density at radius 3 is 2.41 bits per heavy atom. The number of carbonyl (C=O) groups excluding carboxylic acids is 1. The van der Waals surface area contributed by atoms with E-state index in [1.807, 2.05) is 6.92 Å². The minimum atomic E-state index is -0.0579. The highest BCUT2D eigenvalue weighted by atomic mass is 16.5. The van der Waals surface area contributed by atoms with Crippen LogP contribution in [0.25, 0.3) is 0 Å². The van der Waals surface area contributed by atoms with Crippen molar-refractivity contribution in [1.82, 2.24) is 5.32 Å². The van der Waals surface area contributed by atoms with Gasteiger partial charge in [-0.25, -0.2) is 0 Å². The van der Waals surface area contributed by atoms with Crippen molar-refractivity contribution in [2.24, 2.45) is 5.92 Å². The summed E-state index contributed by atoms with van der Waals surface area (Å²) in [6, 6.07) is 0. The number of carbonyl (C=O) groups is 1. The Kier molecular flexibility index (Phi) is 11.5. The molecule has 0 radical (unpaired) electrons. The summed E-state index contributed by atoms with van der Waals surface area (Å²) in [5.41, 5.74) is 0. The molecule has 1 N–H and O–H groups in total. The molecule has 0 fully saturated rings. The van der Waals surface area contributed by atoms with Crippen LogP contribution < -0.4 is 5.32 Å². The lowest BCUT2D eigenvalue weighted by Gasteiger charge is -2.12. The second-order valence-electron chi connectivity index (χ2n) is 4.50. The fourth-order valence-electron chi connectivity index (χ4n) is 1.81. The number of hydrogen-bond donors (Lipinski definition) is 1. The van der Waals surface area contributed by atoms with Crippen LogP contribution in [0.4, 0.5) is 0 Å². The molecule has 0 amide bonds. The van der Waals surface area contributed by atoms with Crippen molar-refractivity contribution in [3.05, 3.63) is 0 Å². The monoisotopic (exact) mass is 243 g/mol. The summed E-state index contributed by atoms with van der Waals surface area (Å²) in [4.78, 5) is 11.1. The molecule has 0 aliphatic carbocycles. The highest BCUT2D eigenvalue weighted by molar-refractivity contribution is 5.69. The topological polar surface area (TPSA) is 38.3 Å². The Bertz CT molecular complexity index is 179. The molecule has 3 heteroatoms. The van der Waals surface area contributed by atoms with Crippen LogP contribution >= 0.6 is 0 Å². The van der Waals surface area contributed by atoms with Crippen molar-refractivity contribution in [1.29, 1.82) is 0 Å². The van der Waals surface area contributed by atoms with Crippen LogP contribution in [0.15, 0.2) is 0 Å². The number of nitrogens with one attached hydrogen (secondary N) is 1. The lowest BCUT2D eigenvalue weighted by Crippen LogP contribution is -2.23. The van der Waals surface area contributed by atoms with Crippen LogP contribution in [0.3, 0.4) is 0 Å². The molecule has 0 heterocycles. The van der Waals surface area contributed by atoms with E-state index in [1.54, 1.807) is 0 Å². The van der Waals surface area contributed by atoms with E-state index in [0.29, 0.717) is 13.0 Å². The number of hydrogen-bond acceptors (Lipinski definition) is 3. The van der Waals surface area contributed by atoms with E-state index in [4.69, 9.17) is 4.74 Å². The van der Waals surface area contributed by atoms with E-state index in [1.165, 1.54) is 12.8 Å². The molecule has 0 aliphatic rings. The largest absolute Gasteiger partial charge is 0.466 e. The molecule has 0 aliphatic heterocycles. The zero-order chi connectivity index (χ0) is 12.9. The summed E-state index contributed by atoms with van der Waals surface area (Å²) in [5.74, 6) is 0.757. The number of rotatable bonds is 11. The molecule has 0 unspecified atom stereocenters. The minimum absolute atomic E-state index is 0.0579. The third-order valence-electron chi connectivity index (χ3n) is 3.13. The Balaban J connectivity index is 3.21. The normalized spacial score (nSPS) is 10.8. The molecular formula is C14H29NO2. The van der Waals surface area contributed by atoms with Crippen LogP contribution in [-0.4, -0.2) is 25.7 Å². The van der Waals surface area contributed by atoms with Crippen LogP contribution in [-0.2, 0) is 9.53 Å². The van der Waals surface area contributed by atoms with Crippen molar-refractivity contribution < 1.29 is 9.53 Å². The van der Waals surface area contributed by atoms with Crippen LogP contribution in [0, 0.1) is 5.92 Å². The summed E-state index contributed by atoms with van der Waals surface area (Å²) in [6.45, 7) is 9.03. The molecule has 0 rings (SSSR count). The molecule has 0 atom stereocenters. The highest BCUT2D eigenvalue weighted by Crippen LogP contribution is 2.05. The quantitative estimate of drug-likeness (QED) is 0.447. The van der Waals surface area contributed by atoms with Crippen LogP contribution in [0.5, 0.6) is 0 Å². The van der Waals surface area contributed by atoms with Gasteiger partial charge in [0, 0.05) is 6.42 Å². The molecule has 3 nitrogen and oxygen atoms in total. The average molecular weight is 243 g/mol. The summed E-state index contributed by atoms with van der Waals surface area (Å²) >= 11 is 0. The Labute approximate surface area is 106 Å². The summed E-state index contributed by atoms with van der Waals surface area (Å²) < 4.78 is 4.88. The van der Waals surface area contributed by atoms with Gasteiger partial charge in [0.25, 0.3) is 0 Å². The molecule has 0 aromatic heterocycles. The van der Waals surface area contributed by atoms with E-state index < -0.39 is 0 Å². The number of esters is 1. The van der Waals surface area contributed by atoms with E-state index in [-0.39, 0.29) is 5.97 Å². The molecule has 0 saturated heterocycles. The molecule has 0 aromatic rings. The van der Waals surface area contributed by atoms with Gasteiger partial charge in [-0.2, -0.15) is 0 Å². The maximum atomic E-state index is 11.1. The van der Waals surface area contributed by atoms with Crippen molar-refractivity contribution in [3.8, 4) is 0 Å². The van der Waals surface area contributed by atoms with Gasteiger partial charge >= 0.3 is 5.97 Å². The fraction of sp³-hybridized carbons (Fsp3) is 0.929. The van der Waals surface area contributed by atoms with Crippen molar-refractivity contribution in [2.45, 2.75) is 59.3 Å². The van der Waals surface area contributed by atoms with E-state index in [9.17, 15) is 4.79 Å². The number of unbranched alkanes of at least 4 members (excludes halogenated alkanes) is 2. The molecule has 0 saturated carbocycles. The summed E-state index contributed by atoms with van der Waals surface area (Å²) in [6.07, 6.45) is 6.29. The van der Waals surface area contributed by atoms with Gasteiger partial charge in [0.1, 0.15) is 0 Å². The third kappa shape index (κ3) is 10.3. The van der Waals surface area contributed by atoms with Gasteiger partial charge in [0.2, 0.25) is 0 Å². The Morgan fingerprint density at radius 1 is 1.12 bits per heavy atom. The molecule has 0 aromatic carbocycles. The predicted molar refractivity (Wildman–Crippen MR) is 72.0 cm³/mol. The lowest BCUT2D eigenvalue weighted by atomic mass is 10.0. The van der Waals surface area contributed by atoms with Gasteiger partial charge in [-0.1, -0.05) is 33.1 Å². The molecule has 0 spiro atoms. The fourth-order valence-corrected chi connectivity index (χ4v) is 1.81. The standard InChI is InChI=1S/C14H29NO2/c1-4-13(5-2)12-15-11-9-7-8-10-14(16)17-6-3/h13,15H,4-12H2,1-3H3. The first-order chi connectivity index (χ1) is 8.24. The van der Waals surface area contributed by atoms with Gasteiger partial charge in [-0.3, -0.25) is 4.79 Å². The highest BCUT2D eigenvalue weighted by Gasteiger charge is 2.02. The van der Waals surface area contributed by atoms with E-state index >= 15 is 0 Å². The lowest BCUT2D eigenvalue weighted by molar-refractivity contribution is -0.143. The minimum Gasteiger partial charge on any atom is -0.466 e. The summed E-state index contributed by atoms with van der Waals surface area (Å²) in [7, 11) is 0. The van der Waals surface area contributed by atoms with Crippen molar-refractivity contribution in [3.63, 3.8) is 0 Å². The van der Waals surface area contributed by atoms with Gasteiger partial charge in [0.05, 0.1) is 6.61 Å². The SMILES string of the molecule is CCOC(=O)CCCCCNCC(CC)CC. The zero-order valence-electron chi connectivity index (χ0n) is 11.8. The second-order valence-corrected chi connectivity index (χ2v) is 4.50. The van der Waals surface area contributed by atoms with E-state index in [0.717, 1.165) is 38.3 Å². The van der Waals surface area contributed by atoms with E-state index in [2.05, 4.69) is 19.2 Å². The first kappa shape index (κ1) is 16.4. The maximum absolute atomic E-state index is 11.1. The van der Waals surface area contributed by atoms with Crippen molar-refractivity contribution in [2.75, 3.05) is 19.7 Å². The maximum Gasteiger partial charge on any atom is 0.305 e. The molecule has 17 heavy (non-hydrogen) atoms. The Morgan fingerprint density at radius 2 is 1.82 bits per heavy atom. The van der Waals surface area contributed by atoms with Gasteiger partial charge in [-0.05, 0) is 38.8 Å². The summed E-state index contributed by atoms with van der Waals surface area (Å²) in [5, 5.41) is 3.48. The van der Waals surface area contributed by atoms with Crippen molar-refractivity contribution >= 4 is 5.97 Å². The first-order valence-corrected chi connectivity index (χ1v) is 7.10. The van der Waals surface area contributed by atoms with Crippen LogP contribution in [0.2, 0.25) is 0 Å². The predicted octanol–water partition coefficient (Wildman–Crippen LogP) is 3.14. The second kappa shape index (κ2) is 11.9. The Hall–Kier alpha value is -0.570. The van der Waals surface area contributed by atoms with Gasteiger partial charge < -0.3 is 10.1 Å². The molecular weight excluding hydrogens is 214 g/mol. The van der Waals surface area contributed by atoms with Gasteiger partial charge in [-0.15, -0.1) is 0 Å². The third-order valence-corrected chi connectivity index (χ3v) is 3.13. The number of ether oxygens (including phenoxy) is 1. The first-order valence-electron chi connectivity index (χ1n) is 7.10. The zero-order valence-corrected chi connectivity index (χ0v) is 11.8. The molecule has 102 valence electrons.